The summed E-state index contributed by atoms with van der Waals surface area (Å²) in [6.07, 6.45) is 3.28. The number of benzene rings is 1. The van der Waals surface area contributed by atoms with Crippen LogP contribution in [0.3, 0.4) is 0 Å². The lowest BCUT2D eigenvalue weighted by atomic mass is 10.2. The standard InChI is InChI=1S/C16H19N3OS/c1-10-16(21-12(3)18-10)11(2)19-15(20)8-7-13-5-4-6-14(17)9-13/h4-9,11H,17H2,1-3H3,(H,19,20)/b8-7+. The number of aromatic nitrogens is 1. The van der Waals surface area contributed by atoms with Gasteiger partial charge in [0.15, 0.2) is 0 Å². The molecule has 4 nitrogen and oxygen atoms in total. The second-order valence-corrected chi connectivity index (χ2v) is 6.15. The number of anilines is 1. The molecule has 0 fully saturated rings. The Hall–Kier alpha value is -2.14. The van der Waals surface area contributed by atoms with Crippen molar-refractivity contribution in [1.29, 1.82) is 0 Å². The van der Waals surface area contributed by atoms with E-state index < -0.39 is 0 Å². The Morgan fingerprint density at radius 1 is 1.43 bits per heavy atom. The maximum Gasteiger partial charge on any atom is 0.244 e. The van der Waals surface area contributed by atoms with Gasteiger partial charge in [0, 0.05) is 16.6 Å². The lowest BCUT2D eigenvalue weighted by Gasteiger charge is -2.11. The highest BCUT2D eigenvalue weighted by Crippen LogP contribution is 2.24. The van der Waals surface area contributed by atoms with Crippen LogP contribution < -0.4 is 11.1 Å². The van der Waals surface area contributed by atoms with Gasteiger partial charge in [0.05, 0.1) is 16.7 Å². The number of carbonyl (C=O) groups is 1. The summed E-state index contributed by atoms with van der Waals surface area (Å²) in [5.74, 6) is -0.129. The average Bonchev–Trinajstić information content (AvgIpc) is 2.75. The molecular formula is C16H19N3OS. The fourth-order valence-electron chi connectivity index (χ4n) is 2.11. The van der Waals surface area contributed by atoms with E-state index in [0.29, 0.717) is 5.69 Å². The average molecular weight is 301 g/mol. The van der Waals surface area contributed by atoms with Crippen LogP contribution in [0.4, 0.5) is 5.69 Å². The van der Waals surface area contributed by atoms with Crippen LogP contribution in [0.25, 0.3) is 6.08 Å². The number of aryl methyl sites for hydroxylation is 2. The first kappa shape index (κ1) is 15.3. The van der Waals surface area contributed by atoms with Gasteiger partial charge in [-0.05, 0) is 44.5 Å². The molecule has 3 N–H and O–H groups in total. The van der Waals surface area contributed by atoms with Gasteiger partial charge >= 0.3 is 0 Å². The summed E-state index contributed by atoms with van der Waals surface area (Å²) in [7, 11) is 0. The van der Waals surface area contributed by atoms with Crippen molar-refractivity contribution in [2.45, 2.75) is 26.8 Å². The Balaban J connectivity index is 2.00. The molecule has 0 aliphatic heterocycles. The number of nitrogens with one attached hydrogen (secondary N) is 1. The number of carbonyl (C=O) groups excluding carboxylic acids is 1. The molecular weight excluding hydrogens is 282 g/mol. The fraction of sp³-hybridized carbons (Fsp3) is 0.250. The molecule has 1 atom stereocenters. The minimum absolute atomic E-state index is 0.0470. The lowest BCUT2D eigenvalue weighted by Crippen LogP contribution is -2.24. The third-order valence-corrected chi connectivity index (χ3v) is 4.28. The summed E-state index contributed by atoms with van der Waals surface area (Å²) in [5.41, 5.74) is 8.26. The lowest BCUT2D eigenvalue weighted by molar-refractivity contribution is -0.117. The van der Waals surface area contributed by atoms with E-state index in [0.717, 1.165) is 21.1 Å². The normalized spacial score (nSPS) is 12.5. The predicted octanol–water partition coefficient (Wildman–Crippen LogP) is 3.23. The van der Waals surface area contributed by atoms with Crippen molar-refractivity contribution in [3.63, 3.8) is 0 Å². The summed E-state index contributed by atoms with van der Waals surface area (Å²) in [5, 5.41) is 3.96. The summed E-state index contributed by atoms with van der Waals surface area (Å²) >= 11 is 1.61. The Labute approximate surface area is 128 Å². The highest BCUT2D eigenvalue weighted by Gasteiger charge is 2.13. The number of hydrogen-bond acceptors (Lipinski definition) is 4. The number of amides is 1. The van der Waals surface area contributed by atoms with Crippen molar-refractivity contribution in [3.05, 3.63) is 51.5 Å². The summed E-state index contributed by atoms with van der Waals surface area (Å²) in [6.45, 7) is 5.89. The van der Waals surface area contributed by atoms with Crippen LogP contribution in [0.5, 0.6) is 0 Å². The zero-order chi connectivity index (χ0) is 15.4. The largest absolute Gasteiger partial charge is 0.399 e. The third-order valence-electron chi connectivity index (χ3n) is 3.03. The van der Waals surface area contributed by atoms with Gasteiger partial charge in [-0.2, -0.15) is 0 Å². The van der Waals surface area contributed by atoms with E-state index in [2.05, 4.69) is 10.3 Å². The van der Waals surface area contributed by atoms with E-state index in [4.69, 9.17) is 5.73 Å². The van der Waals surface area contributed by atoms with E-state index in [9.17, 15) is 4.79 Å². The monoisotopic (exact) mass is 301 g/mol. The summed E-state index contributed by atoms with van der Waals surface area (Å²) in [4.78, 5) is 17.4. The van der Waals surface area contributed by atoms with Gasteiger partial charge < -0.3 is 11.1 Å². The van der Waals surface area contributed by atoms with Crippen molar-refractivity contribution in [3.8, 4) is 0 Å². The molecule has 0 aliphatic rings. The number of hydrogen-bond donors (Lipinski definition) is 2. The van der Waals surface area contributed by atoms with Gasteiger partial charge in [-0.15, -0.1) is 11.3 Å². The van der Waals surface area contributed by atoms with Gasteiger partial charge in [0.1, 0.15) is 0 Å². The molecule has 21 heavy (non-hydrogen) atoms. The van der Waals surface area contributed by atoms with Crippen molar-refractivity contribution in [1.82, 2.24) is 10.3 Å². The smallest absolute Gasteiger partial charge is 0.244 e. The van der Waals surface area contributed by atoms with Gasteiger partial charge in [-0.25, -0.2) is 4.98 Å². The van der Waals surface area contributed by atoms with Gasteiger partial charge in [0.2, 0.25) is 5.91 Å². The molecule has 0 saturated carbocycles. The molecule has 2 aromatic rings. The highest BCUT2D eigenvalue weighted by atomic mass is 32.1. The number of nitrogen functional groups attached to an aromatic ring is 1. The molecule has 5 heteroatoms. The van der Waals surface area contributed by atoms with Gasteiger partial charge in [-0.1, -0.05) is 12.1 Å². The van der Waals surface area contributed by atoms with Gasteiger partial charge in [0.25, 0.3) is 0 Å². The minimum atomic E-state index is -0.129. The molecule has 1 aromatic carbocycles. The van der Waals surface area contributed by atoms with E-state index >= 15 is 0 Å². The zero-order valence-corrected chi connectivity index (χ0v) is 13.2. The topological polar surface area (TPSA) is 68.0 Å². The molecule has 0 radical (unpaired) electrons. The Kier molecular flexibility index (Phi) is 4.75. The molecule has 1 unspecified atom stereocenters. The maximum atomic E-state index is 12.0. The number of nitrogens with zero attached hydrogens (tertiary/aromatic N) is 1. The molecule has 1 amide bonds. The van der Waals surface area contributed by atoms with Crippen molar-refractivity contribution < 1.29 is 4.79 Å². The molecule has 1 heterocycles. The molecule has 1 aromatic heterocycles. The summed E-state index contributed by atoms with van der Waals surface area (Å²) in [6, 6.07) is 7.35. The van der Waals surface area contributed by atoms with Crippen LogP contribution in [0.2, 0.25) is 0 Å². The zero-order valence-electron chi connectivity index (χ0n) is 12.4. The van der Waals surface area contributed by atoms with Crippen LogP contribution in [0.1, 0.15) is 34.1 Å². The third kappa shape index (κ3) is 4.16. The quantitative estimate of drug-likeness (QED) is 0.673. The Bertz CT molecular complexity index is 676. The van der Waals surface area contributed by atoms with E-state index in [1.54, 1.807) is 17.4 Å². The maximum absolute atomic E-state index is 12.0. The first-order valence-electron chi connectivity index (χ1n) is 6.74. The van der Waals surface area contributed by atoms with Crippen molar-refractivity contribution in [2.75, 3.05) is 5.73 Å². The second kappa shape index (κ2) is 6.54. The van der Waals surface area contributed by atoms with Crippen molar-refractivity contribution >= 4 is 29.0 Å². The highest BCUT2D eigenvalue weighted by molar-refractivity contribution is 7.11. The van der Waals surface area contributed by atoms with Gasteiger partial charge in [-0.3, -0.25) is 4.79 Å². The van der Waals surface area contributed by atoms with E-state index in [-0.39, 0.29) is 11.9 Å². The van der Waals surface area contributed by atoms with Crippen molar-refractivity contribution in [2.24, 2.45) is 0 Å². The Morgan fingerprint density at radius 2 is 2.19 bits per heavy atom. The van der Waals surface area contributed by atoms with E-state index in [1.165, 1.54) is 6.08 Å². The molecule has 0 bridgehead atoms. The van der Waals surface area contributed by atoms with Crippen LogP contribution >= 0.6 is 11.3 Å². The SMILES string of the molecule is Cc1nc(C)c(C(C)NC(=O)/C=C/c2cccc(N)c2)s1. The predicted molar refractivity (Wildman–Crippen MR) is 88.0 cm³/mol. The molecule has 2 rings (SSSR count). The number of nitrogens with two attached hydrogens (primary N) is 1. The molecule has 0 aliphatic carbocycles. The van der Waals surface area contributed by atoms with Crippen LogP contribution in [-0.4, -0.2) is 10.9 Å². The first-order valence-corrected chi connectivity index (χ1v) is 7.55. The Morgan fingerprint density at radius 3 is 2.81 bits per heavy atom. The van der Waals surface area contributed by atoms with Crippen LogP contribution in [-0.2, 0) is 4.79 Å². The molecule has 0 saturated heterocycles. The fourth-order valence-corrected chi connectivity index (χ4v) is 3.04. The van der Waals surface area contributed by atoms with E-state index in [1.807, 2.05) is 45.0 Å². The molecule has 110 valence electrons. The second-order valence-electron chi connectivity index (χ2n) is 4.92. The number of thiazole rings is 1. The first-order chi connectivity index (χ1) is 9.95. The van der Waals surface area contributed by atoms with Crippen LogP contribution in [0.15, 0.2) is 30.3 Å². The van der Waals surface area contributed by atoms with Crippen LogP contribution in [0, 0.1) is 13.8 Å². The summed E-state index contributed by atoms with van der Waals surface area (Å²) < 4.78 is 0. The molecule has 0 spiro atoms. The minimum Gasteiger partial charge on any atom is -0.399 e. The number of rotatable bonds is 4.